The van der Waals surface area contributed by atoms with Crippen molar-refractivity contribution in [2.45, 2.75) is 45.8 Å². The summed E-state index contributed by atoms with van der Waals surface area (Å²) in [5.41, 5.74) is 3.67. The van der Waals surface area contributed by atoms with Gasteiger partial charge in [0.1, 0.15) is 5.82 Å². The van der Waals surface area contributed by atoms with E-state index < -0.39 is 0 Å². The number of hydrogen-bond acceptors (Lipinski definition) is 5. The SMILES string of the molecule is CCn1ccnc1CN1CCN(c2cc(C)nc(C3CCCN3)c2)CC1.Cl. The molecule has 27 heavy (non-hydrogen) atoms. The first kappa shape index (κ1) is 20.1. The highest BCUT2D eigenvalue weighted by Crippen LogP contribution is 2.26. The Labute approximate surface area is 168 Å². The molecule has 2 aliphatic heterocycles. The number of anilines is 1. The van der Waals surface area contributed by atoms with Crippen LogP contribution in [0.25, 0.3) is 0 Å². The summed E-state index contributed by atoms with van der Waals surface area (Å²) in [5, 5.41) is 3.57. The molecule has 2 aromatic heterocycles. The number of nitrogens with one attached hydrogen (secondary N) is 1. The molecule has 2 saturated heterocycles. The lowest BCUT2D eigenvalue weighted by Crippen LogP contribution is -2.46. The van der Waals surface area contributed by atoms with Crippen molar-refractivity contribution in [3.63, 3.8) is 0 Å². The first-order valence-electron chi connectivity index (χ1n) is 9.92. The van der Waals surface area contributed by atoms with Crippen molar-refractivity contribution < 1.29 is 0 Å². The van der Waals surface area contributed by atoms with Gasteiger partial charge in [0.05, 0.1) is 12.2 Å². The molecule has 148 valence electrons. The molecule has 1 atom stereocenters. The van der Waals surface area contributed by atoms with Crippen molar-refractivity contribution >= 4 is 18.1 Å². The molecule has 0 radical (unpaired) electrons. The summed E-state index contributed by atoms with van der Waals surface area (Å²) < 4.78 is 2.24. The van der Waals surface area contributed by atoms with Gasteiger partial charge in [0, 0.05) is 62.5 Å². The molecule has 0 aromatic carbocycles. The highest BCUT2D eigenvalue weighted by Gasteiger charge is 2.22. The summed E-state index contributed by atoms with van der Waals surface area (Å²) in [4.78, 5) is 14.3. The van der Waals surface area contributed by atoms with E-state index in [0.29, 0.717) is 6.04 Å². The number of nitrogens with zero attached hydrogens (tertiary/aromatic N) is 5. The lowest BCUT2D eigenvalue weighted by Gasteiger charge is -2.36. The minimum Gasteiger partial charge on any atom is -0.369 e. The number of aryl methyl sites for hydroxylation is 2. The van der Waals surface area contributed by atoms with Gasteiger partial charge in [-0.15, -0.1) is 12.4 Å². The Bertz CT molecular complexity index is 732. The fourth-order valence-corrected chi connectivity index (χ4v) is 4.12. The van der Waals surface area contributed by atoms with Crippen LogP contribution in [0, 0.1) is 6.92 Å². The van der Waals surface area contributed by atoms with E-state index in [1.807, 2.05) is 6.20 Å². The van der Waals surface area contributed by atoms with E-state index in [4.69, 9.17) is 4.98 Å². The van der Waals surface area contributed by atoms with E-state index in [0.717, 1.165) is 51.5 Å². The van der Waals surface area contributed by atoms with E-state index in [2.05, 4.69) is 56.8 Å². The predicted molar refractivity (Wildman–Crippen MR) is 112 cm³/mol. The second kappa shape index (κ2) is 9.04. The summed E-state index contributed by atoms with van der Waals surface area (Å²) in [6, 6.07) is 4.97. The summed E-state index contributed by atoms with van der Waals surface area (Å²) in [6.45, 7) is 11.6. The Kier molecular flexibility index (Phi) is 6.73. The second-order valence-corrected chi connectivity index (χ2v) is 7.43. The van der Waals surface area contributed by atoms with Gasteiger partial charge in [-0.2, -0.15) is 0 Å². The Balaban J connectivity index is 0.00000210. The van der Waals surface area contributed by atoms with Crippen LogP contribution in [0.15, 0.2) is 24.5 Å². The average Bonchev–Trinajstić information content (AvgIpc) is 3.33. The molecule has 0 aliphatic carbocycles. The number of imidazole rings is 1. The minimum atomic E-state index is 0. The van der Waals surface area contributed by atoms with Crippen LogP contribution in [-0.4, -0.2) is 52.2 Å². The van der Waals surface area contributed by atoms with Crippen molar-refractivity contribution in [3.8, 4) is 0 Å². The van der Waals surface area contributed by atoms with Crippen molar-refractivity contribution in [1.29, 1.82) is 0 Å². The number of pyridine rings is 1. The molecular formula is C20H31ClN6. The number of aromatic nitrogens is 3. The second-order valence-electron chi connectivity index (χ2n) is 7.43. The predicted octanol–water partition coefficient (Wildman–Crippen LogP) is 2.77. The van der Waals surface area contributed by atoms with Crippen molar-refractivity contribution in [2.75, 3.05) is 37.6 Å². The lowest BCUT2D eigenvalue weighted by atomic mass is 10.1. The molecular weight excluding hydrogens is 360 g/mol. The zero-order chi connectivity index (χ0) is 17.9. The molecule has 2 fully saturated rings. The van der Waals surface area contributed by atoms with Crippen LogP contribution in [0.2, 0.25) is 0 Å². The molecule has 1 unspecified atom stereocenters. The fraction of sp³-hybridized carbons (Fsp3) is 0.600. The van der Waals surface area contributed by atoms with Crippen molar-refractivity contribution in [3.05, 3.63) is 41.7 Å². The quantitative estimate of drug-likeness (QED) is 0.850. The first-order valence-corrected chi connectivity index (χ1v) is 9.92. The molecule has 0 amide bonds. The highest BCUT2D eigenvalue weighted by atomic mass is 35.5. The van der Waals surface area contributed by atoms with Gasteiger partial charge >= 0.3 is 0 Å². The molecule has 2 aliphatic rings. The number of rotatable bonds is 5. The first-order chi connectivity index (χ1) is 12.7. The van der Waals surface area contributed by atoms with Gasteiger partial charge in [-0.05, 0) is 45.4 Å². The van der Waals surface area contributed by atoms with E-state index >= 15 is 0 Å². The summed E-state index contributed by atoms with van der Waals surface area (Å²) in [6.07, 6.45) is 6.44. The third kappa shape index (κ3) is 4.62. The Hall–Kier alpha value is -1.63. The summed E-state index contributed by atoms with van der Waals surface area (Å²) in [5.74, 6) is 1.18. The molecule has 2 aromatic rings. The van der Waals surface area contributed by atoms with Crippen molar-refractivity contribution in [1.82, 2.24) is 24.8 Å². The third-order valence-corrected chi connectivity index (χ3v) is 5.62. The number of piperazine rings is 1. The van der Waals surface area contributed by atoms with Gasteiger partial charge in [0.15, 0.2) is 0 Å². The van der Waals surface area contributed by atoms with Crippen LogP contribution >= 0.6 is 12.4 Å². The molecule has 4 heterocycles. The maximum atomic E-state index is 4.78. The number of hydrogen-bond donors (Lipinski definition) is 1. The normalized spacial score (nSPS) is 20.7. The molecule has 4 rings (SSSR count). The molecule has 7 heteroatoms. The van der Waals surface area contributed by atoms with Crippen LogP contribution in [-0.2, 0) is 13.1 Å². The van der Waals surface area contributed by atoms with Gasteiger partial charge in [0.25, 0.3) is 0 Å². The highest BCUT2D eigenvalue weighted by molar-refractivity contribution is 5.85. The monoisotopic (exact) mass is 390 g/mol. The van der Waals surface area contributed by atoms with Gasteiger partial charge in [-0.1, -0.05) is 0 Å². The molecule has 0 bridgehead atoms. The van der Waals surface area contributed by atoms with Gasteiger partial charge in [-0.25, -0.2) is 4.98 Å². The third-order valence-electron chi connectivity index (χ3n) is 5.62. The van der Waals surface area contributed by atoms with Crippen LogP contribution in [0.1, 0.15) is 43.0 Å². The zero-order valence-corrected chi connectivity index (χ0v) is 17.2. The number of halogens is 1. The van der Waals surface area contributed by atoms with E-state index in [1.54, 1.807) is 0 Å². The zero-order valence-electron chi connectivity index (χ0n) is 16.4. The van der Waals surface area contributed by atoms with Gasteiger partial charge < -0.3 is 14.8 Å². The van der Waals surface area contributed by atoms with Crippen LogP contribution in [0.3, 0.4) is 0 Å². The van der Waals surface area contributed by atoms with Crippen molar-refractivity contribution in [2.24, 2.45) is 0 Å². The summed E-state index contributed by atoms with van der Waals surface area (Å²) in [7, 11) is 0. The molecule has 6 nitrogen and oxygen atoms in total. The maximum Gasteiger partial charge on any atom is 0.122 e. The molecule has 0 spiro atoms. The van der Waals surface area contributed by atoms with E-state index in [9.17, 15) is 0 Å². The smallest absolute Gasteiger partial charge is 0.122 e. The minimum absolute atomic E-state index is 0. The molecule has 0 saturated carbocycles. The average molecular weight is 391 g/mol. The van der Waals surface area contributed by atoms with Gasteiger partial charge in [0.2, 0.25) is 0 Å². The fourth-order valence-electron chi connectivity index (χ4n) is 4.12. The topological polar surface area (TPSA) is 49.2 Å². The maximum absolute atomic E-state index is 4.78. The van der Waals surface area contributed by atoms with Crippen LogP contribution in [0.4, 0.5) is 5.69 Å². The Morgan fingerprint density at radius 2 is 2.00 bits per heavy atom. The Morgan fingerprint density at radius 1 is 1.19 bits per heavy atom. The largest absolute Gasteiger partial charge is 0.369 e. The Morgan fingerprint density at radius 3 is 2.70 bits per heavy atom. The van der Waals surface area contributed by atoms with Crippen LogP contribution in [0.5, 0.6) is 0 Å². The standard InChI is InChI=1S/C20H30N6.ClH/c1-3-25-8-7-22-20(25)15-24-9-11-26(12-10-24)17-13-16(2)23-19(14-17)18-5-4-6-21-18;/h7-8,13-14,18,21H,3-6,9-12,15H2,1-2H3;1H. The van der Waals surface area contributed by atoms with Crippen LogP contribution < -0.4 is 10.2 Å². The van der Waals surface area contributed by atoms with Gasteiger partial charge in [-0.3, -0.25) is 9.88 Å². The lowest BCUT2D eigenvalue weighted by molar-refractivity contribution is 0.241. The molecule has 1 N–H and O–H groups in total. The van der Waals surface area contributed by atoms with E-state index in [-0.39, 0.29) is 12.4 Å². The summed E-state index contributed by atoms with van der Waals surface area (Å²) >= 11 is 0. The van der Waals surface area contributed by atoms with E-state index in [1.165, 1.54) is 30.0 Å².